The van der Waals surface area contributed by atoms with Gasteiger partial charge in [-0.3, -0.25) is 9.59 Å². The zero-order chi connectivity index (χ0) is 23.4. The Morgan fingerprint density at radius 1 is 1.03 bits per heavy atom. The highest BCUT2D eigenvalue weighted by molar-refractivity contribution is 7.91. The predicted octanol–water partition coefficient (Wildman–Crippen LogP) is 2.71. The molecule has 0 saturated carbocycles. The van der Waals surface area contributed by atoms with Crippen molar-refractivity contribution in [3.8, 4) is 0 Å². The molecule has 1 aliphatic rings. The predicted molar refractivity (Wildman–Crippen MR) is 113 cm³/mol. The van der Waals surface area contributed by atoms with Crippen LogP contribution in [0, 0.1) is 5.92 Å². The van der Waals surface area contributed by atoms with Gasteiger partial charge in [0.05, 0.1) is 5.56 Å². The molecule has 0 aliphatic carbocycles. The summed E-state index contributed by atoms with van der Waals surface area (Å²) >= 11 is 1.15. The van der Waals surface area contributed by atoms with Crippen LogP contribution in [0.25, 0.3) is 0 Å². The van der Waals surface area contributed by atoms with Crippen LogP contribution in [0.5, 0.6) is 0 Å². The van der Waals surface area contributed by atoms with Crippen molar-refractivity contribution in [3.63, 3.8) is 0 Å². The quantitative estimate of drug-likeness (QED) is 0.585. The number of nitrogens with one attached hydrogen (secondary N) is 2. The summed E-state index contributed by atoms with van der Waals surface area (Å²) in [6.45, 7) is 0.766. The molecule has 0 radical (unpaired) electrons. The number of nitrogens with zero attached hydrogens (tertiary/aromatic N) is 1. The summed E-state index contributed by atoms with van der Waals surface area (Å²) in [6.07, 6.45) is -3.67. The van der Waals surface area contributed by atoms with Gasteiger partial charge in [0.2, 0.25) is 5.91 Å². The molecule has 7 nitrogen and oxygen atoms in total. The van der Waals surface area contributed by atoms with Crippen molar-refractivity contribution in [1.82, 2.24) is 14.9 Å². The number of hydrogen-bond acceptors (Lipinski definition) is 5. The Bertz CT molecular complexity index is 1030. The highest BCUT2D eigenvalue weighted by Gasteiger charge is 2.32. The highest BCUT2D eigenvalue weighted by atomic mass is 32.2. The van der Waals surface area contributed by atoms with Gasteiger partial charge in [-0.25, -0.2) is 8.42 Å². The number of carbonyl (C=O) groups excluding carboxylic acids is 2. The van der Waals surface area contributed by atoms with Gasteiger partial charge in [0.25, 0.3) is 15.9 Å². The SMILES string of the molecule is O=C(NCCNC(=O)C1CCN(S(=O)(=O)c2cccs2)CC1)c1ccc(C(F)(F)F)cc1. The topological polar surface area (TPSA) is 95.6 Å². The molecule has 2 N–H and O–H groups in total. The fourth-order valence-corrected chi connectivity index (χ4v) is 5.93. The molecule has 0 spiro atoms. The van der Waals surface area contributed by atoms with Gasteiger partial charge in [0, 0.05) is 37.7 Å². The summed E-state index contributed by atoms with van der Waals surface area (Å²) in [5, 5.41) is 6.94. The van der Waals surface area contributed by atoms with Crippen LogP contribution in [0.4, 0.5) is 13.2 Å². The van der Waals surface area contributed by atoms with Gasteiger partial charge >= 0.3 is 6.18 Å². The van der Waals surface area contributed by atoms with Crippen LogP contribution >= 0.6 is 11.3 Å². The molecule has 1 aromatic carbocycles. The fourth-order valence-electron chi connectivity index (χ4n) is 3.31. The highest BCUT2D eigenvalue weighted by Crippen LogP contribution is 2.29. The van der Waals surface area contributed by atoms with Crippen LogP contribution in [-0.4, -0.2) is 50.7 Å². The minimum absolute atomic E-state index is 0.0867. The molecule has 3 rings (SSSR count). The van der Waals surface area contributed by atoms with Gasteiger partial charge in [-0.05, 0) is 48.6 Å². The van der Waals surface area contributed by atoms with Crippen molar-refractivity contribution in [1.29, 1.82) is 0 Å². The number of thiophene rings is 1. The van der Waals surface area contributed by atoms with Crippen molar-refractivity contribution in [2.24, 2.45) is 5.92 Å². The average molecular weight is 490 g/mol. The van der Waals surface area contributed by atoms with Crippen LogP contribution < -0.4 is 10.6 Å². The zero-order valence-corrected chi connectivity index (χ0v) is 18.5. The lowest BCUT2D eigenvalue weighted by Crippen LogP contribution is -2.44. The Morgan fingerprint density at radius 2 is 1.66 bits per heavy atom. The van der Waals surface area contributed by atoms with Crippen molar-refractivity contribution < 1.29 is 31.2 Å². The molecular weight excluding hydrogens is 467 g/mol. The molecule has 174 valence electrons. The summed E-state index contributed by atoms with van der Waals surface area (Å²) in [4.78, 5) is 24.3. The number of benzene rings is 1. The number of piperidine rings is 1. The molecule has 1 saturated heterocycles. The van der Waals surface area contributed by atoms with E-state index in [2.05, 4.69) is 10.6 Å². The Labute approximate surface area is 187 Å². The average Bonchev–Trinajstić information content (AvgIpc) is 3.32. The van der Waals surface area contributed by atoms with E-state index in [9.17, 15) is 31.2 Å². The van der Waals surface area contributed by atoms with Gasteiger partial charge < -0.3 is 10.6 Å². The van der Waals surface area contributed by atoms with Crippen LogP contribution in [0.2, 0.25) is 0 Å². The Hall–Kier alpha value is -2.44. The molecule has 12 heteroatoms. The van der Waals surface area contributed by atoms with E-state index in [4.69, 9.17) is 0 Å². The third-order valence-electron chi connectivity index (χ3n) is 5.10. The van der Waals surface area contributed by atoms with Crippen LogP contribution in [0.15, 0.2) is 46.0 Å². The van der Waals surface area contributed by atoms with E-state index in [1.165, 1.54) is 4.31 Å². The number of amides is 2. The largest absolute Gasteiger partial charge is 0.416 e. The smallest absolute Gasteiger partial charge is 0.354 e. The first-order chi connectivity index (χ1) is 15.1. The second kappa shape index (κ2) is 10.0. The summed E-state index contributed by atoms with van der Waals surface area (Å²) in [5.74, 6) is -1.09. The first-order valence-corrected chi connectivity index (χ1v) is 12.2. The molecule has 1 aliphatic heterocycles. The molecule has 2 aromatic rings. The number of hydrogen-bond donors (Lipinski definition) is 2. The van der Waals surface area contributed by atoms with E-state index in [1.54, 1.807) is 17.5 Å². The Morgan fingerprint density at radius 3 is 2.22 bits per heavy atom. The monoisotopic (exact) mass is 489 g/mol. The molecule has 1 fully saturated rings. The van der Waals surface area contributed by atoms with Crippen LogP contribution in [0.3, 0.4) is 0 Å². The van der Waals surface area contributed by atoms with Gasteiger partial charge in [0.15, 0.2) is 0 Å². The zero-order valence-electron chi connectivity index (χ0n) is 16.9. The van der Waals surface area contributed by atoms with Crippen LogP contribution in [0.1, 0.15) is 28.8 Å². The van der Waals surface area contributed by atoms with E-state index in [0.717, 1.165) is 35.6 Å². The first-order valence-electron chi connectivity index (χ1n) is 9.86. The van der Waals surface area contributed by atoms with Crippen molar-refractivity contribution in [2.45, 2.75) is 23.2 Å². The number of rotatable bonds is 7. The molecule has 0 unspecified atom stereocenters. The summed E-state index contributed by atoms with van der Waals surface area (Å²) < 4.78 is 64.4. The first kappa shape index (κ1) is 24.2. The van der Waals surface area contributed by atoms with Crippen LogP contribution in [-0.2, 0) is 21.0 Å². The van der Waals surface area contributed by atoms with Gasteiger partial charge in [-0.15, -0.1) is 11.3 Å². The molecule has 32 heavy (non-hydrogen) atoms. The lowest BCUT2D eigenvalue weighted by molar-refractivity contribution is -0.137. The van der Waals surface area contributed by atoms with E-state index < -0.39 is 27.7 Å². The Balaban J connectivity index is 1.39. The summed E-state index contributed by atoms with van der Waals surface area (Å²) in [5.41, 5.74) is -0.751. The molecule has 0 atom stereocenters. The van der Waals surface area contributed by atoms with E-state index >= 15 is 0 Å². The second-order valence-electron chi connectivity index (χ2n) is 7.23. The van der Waals surface area contributed by atoms with Crippen molar-refractivity contribution in [3.05, 3.63) is 52.9 Å². The molecule has 0 bridgehead atoms. The lowest BCUT2D eigenvalue weighted by Gasteiger charge is -2.30. The van der Waals surface area contributed by atoms with E-state index in [1.807, 2.05) is 0 Å². The molecule has 1 aromatic heterocycles. The third kappa shape index (κ3) is 5.87. The Kier molecular flexibility index (Phi) is 7.57. The minimum Gasteiger partial charge on any atom is -0.354 e. The maximum Gasteiger partial charge on any atom is 0.416 e. The normalized spacial score (nSPS) is 16.0. The third-order valence-corrected chi connectivity index (χ3v) is 8.37. The van der Waals surface area contributed by atoms with Gasteiger partial charge in [-0.2, -0.15) is 17.5 Å². The second-order valence-corrected chi connectivity index (χ2v) is 10.3. The number of alkyl halides is 3. The maximum atomic E-state index is 12.6. The standard InChI is InChI=1S/C20H22F3N3O4S2/c21-20(22,23)16-5-3-14(4-6-16)18(27)24-9-10-25-19(28)15-7-11-26(12-8-15)32(29,30)17-2-1-13-31-17/h1-6,13,15H,7-12H2,(H,24,27)(H,25,28). The lowest BCUT2D eigenvalue weighted by atomic mass is 9.97. The summed E-state index contributed by atoms with van der Waals surface area (Å²) in [7, 11) is -3.53. The fraction of sp³-hybridized carbons (Fsp3) is 0.400. The molecule has 2 amide bonds. The molecular formula is C20H22F3N3O4S2. The van der Waals surface area contributed by atoms with Gasteiger partial charge in [-0.1, -0.05) is 6.07 Å². The van der Waals surface area contributed by atoms with E-state index in [-0.39, 0.29) is 47.8 Å². The van der Waals surface area contributed by atoms with Crippen molar-refractivity contribution >= 4 is 33.2 Å². The summed E-state index contributed by atoms with van der Waals surface area (Å²) in [6, 6.07) is 7.08. The van der Waals surface area contributed by atoms with Gasteiger partial charge in [0.1, 0.15) is 4.21 Å². The van der Waals surface area contributed by atoms with Crippen molar-refractivity contribution in [2.75, 3.05) is 26.2 Å². The minimum atomic E-state index is -4.47. The number of carbonyl (C=O) groups is 2. The number of sulfonamides is 1. The number of halogens is 3. The molecule has 2 heterocycles. The maximum absolute atomic E-state index is 12.6. The van der Waals surface area contributed by atoms with E-state index in [0.29, 0.717) is 12.8 Å².